The Kier molecular flexibility index (Phi) is 4.54. The third-order valence-corrected chi connectivity index (χ3v) is 4.90. The van der Waals surface area contributed by atoms with Gasteiger partial charge in [-0.15, -0.1) is 29.6 Å². The second kappa shape index (κ2) is 10.4. The number of aliphatic hydroxyl groups is 1. The summed E-state index contributed by atoms with van der Waals surface area (Å²) in [6.45, 7) is 7.58. The Morgan fingerprint density at radius 1 is 1.06 bits per heavy atom. The van der Waals surface area contributed by atoms with Gasteiger partial charge in [0.15, 0.2) is 5.78 Å². The van der Waals surface area contributed by atoms with Gasteiger partial charge < -0.3 is 9.51 Å². The number of carbonyl (C=O) groups excluding carboxylic acids is 1. The summed E-state index contributed by atoms with van der Waals surface area (Å²) in [7, 11) is 0. The van der Waals surface area contributed by atoms with Crippen LogP contribution in [0.1, 0.15) is 44.2 Å². The molecular weight excluding hydrogens is 603 g/mol. The van der Waals surface area contributed by atoms with Crippen LogP contribution in [0.5, 0.6) is 0 Å². The molecule has 0 atom stereocenters. The summed E-state index contributed by atoms with van der Waals surface area (Å²) in [6, 6.07) is 0.441. The van der Waals surface area contributed by atoms with E-state index >= 15 is 0 Å². The average Bonchev–Trinajstić information content (AvgIpc) is 3.27. The largest absolute Gasteiger partial charge is 0.512 e. The number of ketones is 1. The van der Waals surface area contributed by atoms with Gasteiger partial charge >= 0.3 is 0 Å². The van der Waals surface area contributed by atoms with Crippen LogP contribution >= 0.6 is 0 Å². The van der Waals surface area contributed by atoms with Crippen LogP contribution in [-0.2, 0) is 25.9 Å². The minimum atomic E-state index is -0.403. The van der Waals surface area contributed by atoms with Gasteiger partial charge in [-0.25, -0.2) is 0 Å². The van der Waals surface area contributed by atoms with Gasteiger partial charge in [-0.3, -0.25) is 9.78 Å². The molecule has 5 rings (SSSR count). The standard InChI is InChI=1S/C24H19N2.C5H8O2.Pt/c1-15-11-12-21-20(13-15)18-9-4-5-10-19(18)24-25-14-22(26(21)24)23-16(2)7-6-8-17(23)3;1-4(6)3-5(2)7;/h4-9,11-14H,1-3H3;3,6H,1-2H3;/q-1;;/b;4-3-;/i4D,5D,6D,7D,8D,9D,11D,12D,13D,14D;;. The van der Waals surface area contributed by atoms with Crippen molar-refractivity contribution in [3.05, 3.63) is 95.1 Å². The SMILES string of the molecule is CC(=O)/C=C(/C)O.[2H]c1[c-]c2c(c([2H])c1[2H])c1c([2H])c(C)c([2H])c([2H])c1n1c(-c3c(C)c([2H])c([2H])c([2H])c3C)c([2H])nc21.[Pt]. The first kappa shape index (κ1) is 14.9. The van der Waals surface area contributed by atoms with E-state index in [4.69, 9.17) is 18.8 Å². The molecule has 34 heavy (non-hydrogen) atoms. The molecule has 0 unspecified atom stereocenters. The summed E-state index contributed by atoms with van der Waals surface area (Å²) in [6.07, 6.45) is 0.894. The number of aliphatic hydroxyl groups excluding tert-OH is 1. The van der Waals surface area contributed by atoms with Crippen LogP contribution in [0.3, 0.4) is 0 Å². The Bertz CT molecular complexity index is 2040. The van der Waals surface area contributed by atoms with Crippen molar-refractivity contribution in [3.8, 4) is 11.3 Å². The minimum Gasteiger partial charge on any atom is -0.512 e. The van der Waals surface area contributed by atoms with Crippen LogP contribution < -0.4 is 0 Å². The normalized spacial score (nSPS) is 15.4. The number of carbonyl (C=O) groups is 1. The van der Waals surface area contributed by atoms with Gasteiger partial charge in [-0.05, 0) is 58.5 Å². The number of pyridine rings is 1. The molecule has 0 saturated carbocycles. The summed E-state index contributed by atoms with van der Waals surface area (Å²) in [5.74, 6) is -0.0625. The second-order valence-corrected chi connectivity index (χ2v) is 7.60. The fourth-order valence-corrected chi connectivity index (χ4v) is 3.65. The molecule has 3 aromatic carbocycles. The summed E-state index contributed by atoms with van der Waals surface area (Å²) < 4.78 is 85.9. The van der Waals surface area contributed by atoms with Gasteiger partial charge in [-0.1, -0.05) is 41.2 Å². The maximum absolute atomic E-state index is 10.0. The van der Waals surface area contributed by atoms with E-state index in [0.717, 1.165) is 0 Å². The quantitative estimate of drug-likeness (QED) is 0.0973. The van der Waals surface area contributed by atoms with Crippen LogP contribution in [0.25, 0.3) is 38.6 Å². The Morgan fingerprint density at radius 2 is 1.76 bits per heavy atom. The fraction of sp³-hybridized carbons (Fsp3) is 0.172. The van der Waals surface area contributed by atoms with E-state index in [1.807, 2.05) is 0 Å². The maximum atomic E-state index is 10.0. The number of benzene rings is 3. The van der Waals surface area contributed by atoms with Gasteiger partial charge in [0.2, 0.25) is 0 Å². The summed E-state index contributed by atoms with van der Waals surface area (Å²) in [5, 5.41) is 8.69. The number of fused-ring (bicyclic) bond motifs is 6. The molecule has 1 N–H and O–H groups in total. The van der Waals surface area contributed by atoms with E-state index in [1.165, 1.54) is 31.2 Å². The summed E-state index contributed by atoms with van der Waals surface area (Å²) >= 11 is 0. The van der Waals surface area contributed by atoms with E-state index in [2.05, 4.69) is 11.1 Å². The molecule has 0 aliphatic rings. The van der Waals surface area contributed by atoms with Crippen LogP contribution in [0.2, 0.25) is 0 Å². The molecule has 0 spiro atoms. The third kappa shape index (κ3) is 4.83. The van der Waals surface area contributed by atoms with Gasteiger partial charge in [0, 0.05) is 47.1 Å². The van der Waals surface area contributed by atoms with Gasteiger partial charge in [0.1, 0.15) is 0 Å². The topological polar surface area (TPSA) is 54.6 Å². The van der Waals surface area contributed by atoms with E-state index in [0.29, 0.717) is 16.7 Å². The number of hydrogen-bond acceptors (Lipinski definition) is 3. The Hall–Kier alpha value is -3.23. The molecule has 5 heteroatoms. The van der Waals surface area contributed by atoms with Crippen molar-refractivity contribution in [2.24, 2.45) is 0 Å². The van der Waals surface area contributed by atoms with Crippen LogP contribution in [-0.4, -0.2) is 20.3 Å². The smallest absolute Gasteiger partial charge is 0.155 e. The number of hydrogen-bond donors (Lipinski definition) is 1. The monoisotopic (exact) mass is 640 g/mol. The van der Waals surface area contributed by atoms with Gasteiger partial charge in [0.05, 0.1) is 26.7 Å². The van der Waals surface area contributed by atoms with Crippen molar-refractivity contribution >= 4 is 33.1 Å². The van der Waals surface area contributed by atoms with E-state index in [1.54, 1.807) is 13.8 Å². The van der Waals surface area contributed by atoms with Crippen molar-refractivity contribution < 1.29 is 44.7 Å². The fourth-order valence-electron chi connectivity index (χ4n) is 3.65. The number of imidazole rings is 1. The van der Waals surface area contributed by atoms with Crippen LogP contribution in [0, 0.1) is 26.8 Å². The average molecular weight is 641 g/mol. The zero-order chi connectivity index (χ0) is 32.4. The second-order valence-electron chi connectivity index (χ2n) is 7.60. The molecule has 0 amide bonds. The van der Waals surface area contributed by atoms with Crippen molar-refractivity contribution in [3.63, 3.8) is 0 Å². The molecule has 2 aromatic heterocycles. The zero-order valence-corrected chi connectivity index (χ0v) is 21.4. The molecular formula is C29H27N2O2Pt-. The van der Waals surface area contributed by atoms with Crippen LogP contribution in [0.4, 0.5) is 0 Å². The summed E-state index contributed by atoms with van der Waals surface area (Å²) in [5.41, 5.74) is 1.39. The van der Waals surface area contributed by atoms with E-state index < -0.39 is 6.04 Å². The molecule has 176 valence electrons. The number of allylic oxidation sites excluding steroid dienone is 2. The van der Waals surface area contributed by atoms with Crippen molar-refractivity contribution in [1.82, 2.24) is 9.38 Å². The first-order chi connectivity index (χ1) is 19.9. The molecule has 0 fully saturated rings. The number of rotatable bonds is 2. The molecule has 5 aromatic rings. The molecule has 2 heterocycles. The third-order valence-electron chi connectivity index (χ3n) is 4.90. The Balaban J connectivity index is 0.000000594. The summed E-state index contributed by atoms with van der Waals surface area (Å²) in [4.78, 5) is 14.4. The number of aromatic nitrogens is 2. The van der Waals surface area contributed by atoms with Gasteiger partial charge in [0.25, 0.3) is 0 Å². The Morgan fingerprint density at radius 3 is 2.38 bits per heavy atom. The van der Waals surface area contributed by atoms with E-state index in [-0.39, 0.29) is 126 Å². The van der Waals surface area contributed by atoms with Crippen molar-refractivity contribution in [1.29, 1.82) is 0 Å². The van der Waals surface area contributed by atoms with Gasteiger partial charge in [-0.2, -0.15) is 0 Å². The maximum Gasteiger partial charge on any atom is 0.155 e. The molecule has 0 aliphatic heterocycles. The molecule has 0 radical (unpaired) electrons. The van der Waals surface area contributed by atoms with Crippen molar-refractivity contribution in [2.75, 3.05) is 0 Å². The first-order valence-corrected chi connectivity index (χ1v) is 10.1. The minimum absolute atomic E-state index is 0. The molecule has 0 saturated heterocycles. The molecule has 0 aliphatic carbocycles. The molecule has 0 bridgehead atoms. The predicted molar refractivity (Wildman–Crippen MR) is 136 cm³/mol. The van der Waals surface area contributed by atoms with Crippen LogP contribution in [0.15, 0.2) is 72.4 Å². The Labute approximate surface area is 228 Å². The van der Waals surface area contributed by atoms with Crippen molar-refractivity contribution in [2.45, 2.75) is 34.6 Å². The number of nitrogens with zero attached hydrogens (tertiary/aromatic N) is 2. The zero-order valence-electron chi connectivity index (χ0n) is 29.1. The molecule has 4 nitrogen and oxygen atoms in total. The predicted octanol–water partition coefficient (Wildman–Crippen LogP) is 7.07. The first-order valence-electron chi connectivity index (χ1n) is 15.1. The van der Waals surface area contributed by atoms with E-state index in [9.17, 15) is 4.79 Å².